The predicted octanol–water partition coefficient (Wildman–Crippen LogP) is 0.0991. The van der Waals surface area contributed by atoms with Crippen molar-refractivity contribution >= 4 is 11.6 Å². The van der Waals surface area contributed by atoms with E-state index in [1.165, 1.54) is 0 Å². The summed E-state index contributed by atoms with van der Waals surface area (Å²) in [4.78, 5) is 7.91. The zero-order chi connectivity index (χ0) is 9.68. The summed E-state index contributed by atoms with van der Waals surface area (Å²) in [6.07, 6.45) is 3.08. The van der Waals surface area contributed by atoms with Crippen molar-refractivity contribution in [2.75, 3.05) is 24.2 Å². The molecule has 1 unspecified atom stereocenters. The average molecular weight is 182 g/mol. The van der Waals surface area contributed by atoms with Gasteiger partial charge in [-0.1, -0.05) is 6.92 Å². The molecule has 0 aromatic carbocycles. The first-order valence-corrected chi connectivity index (χ1v) is 4.14. The summed E-state index contributed by atoms with van der Waals surface area (Å²) in [7, 11) is 0. The molecular weight excluding hydrogens is 168 g/mol. The molecule has 0 saturated carbocycles. The van der Waals surface area contributed by atoms with Crippen molar-refractivity contribution in [3.8, 4) is 0 Å². The van der Waals surface area contributed by atoms with Gasteiger partial charge in [0, 0.05) is 13.2 Å². The van der Waals surface area contributed by atoms with Gasteiger partial charge in [-0.25, -0.2) is 9.97 Å². The molecule has 0 amide bonds. The number of aliphatic hydroxyl groups is 1. The molecule has 0 aliphatic heterocycles. The lowest BCUT2D eigenvalue weighted by Gasteiger charge is -2.08. The van der Waals surface area contributed by atoms with Crippen LogP contribution in [0.1, 0.15) is 6.92 Å². The van der Waals surface area contributed by atoms with E-state index in [9.17, 15) is 0 Å². The van der Waals surface area contributed by atoms with E-state index in [0.29, 0.717) is 18.2 Å². The van der Waals surface area contributed by atoms with Crippen LogP contribution in [0.2, 0.25) is 0 Å². The number of aliphatic hydroxyl groups excluding tert-OH is 1. The average Bonchev–Trinajstić information content (AvgIpc) is 2.16. The molecule has 1 aromatic rings. The quantitative estimate of drug-likeness (QED) is 0.615. The molecule has 0 saturated heterocycles. The zero-order valence-corrected chi connectivity index (χ0v) is 7.57. The topological polar surface area (TPSA) is 84.1 Å². The summed E-state index contributed by atoms with van der Waals surface area (Å²) < 4.78 is 0. The first-order valence-electron chi connectivity index (χ1n) is 4.14. The van der Waals surface area contributed by atoms with E-state index in [4.69, 9.17) is 10.8 Å². The third-order valence-corrected chi connectivity index (χ3v) is 1.59. The Morgan fingerprint density at radius 1 is 1.54 bits per heavy atom. The molecule has 0 fully saturated rings. The van der Waals surface area contributed by atoms with Crippen LogP contribution in [0.15, 0.2) is 12.4 Å². The number of anilines is 2. The Hall–Kier alpha value is -1.36. The second-order valence-corrected chi connectivity index (χ2v) is 3.01. The molecule has 1 rings (SSSR count). The minimum atomic E-state index is 0.155. The Kier molecular flexibility index (Phi) is 3.45. The van der Waals surface area contributed by atoms with Crippen LogP contribution in [0.4, 0.5) is 11.6 Å². The molecule has 0 bridgehead atoms. The highest BCUT2D eigenvalue weighted by molar-refractivity contribution is 5.35. The summed E-state index contributed by atoms with van der Waals surface area (Å²) in [5, 5.41) is 11.7. The van der Waals surface area contributed by atoms with Crippen molar-refractivity contribution in [3.05, 3.63) is 12.4 Å². The predicted molar refractivity (Wildman–Crippen MR) is 51.2 cm³/mol. The van der Waals surface area contributed by atoms with Crippen LogP contribution in [0, 0.1) is 5.92 Å². The van der Waals surface area contributed by atoms with Gasteiger partial charge >= 0.3 is 0 Å². The monoisotopic (exact) mass is 182 g/mol. The van der Waals surface area contributed by atoms with E-state index in [0.717, 1.165) is 0 Å². The van der Waals surface area contributed by atoms with Gasteiger partial charge in [0.2, 0.25) is 5.95 Å². The normalized spacial score (nSPS) is 12.5. The molecule has 4 N–H and O–H groups in total. The minimum Gasteiger partial charge on any atom is -0.396 e. The van der Waals surface area contributed by atoms with Crippen molar-refractivity contribution in [1.29, 1.82) is 0 Å². The fraction of sp³-hybridized carbons (Fsp3) is 0.500. The fourth-order valence-corrected chi connectivity index (χ4v) is 0.759. The second kappa shape index (κ2) is 4.61. The molecule has 0 aliphatic carbocycles. The van der Waals surface area contributed by atoms with Gasteiger partial charge in [-0.05, 0) is 5.92 Å². The first kappa shape index (κ1) is 9.73. The second-order valence-electron chi connectivity index (χ2n) is 3.01. The number of aromatic nitrogens is 2. The molecular formula is C8H14N4O. The molecule has 1 aromatic heterocycles. The Labute approximate surface area is 77.0 Å². The third-order valence-electron chi connectivity index (χ3n) is 1.59. The highest BCUT2D eigenvalue weighted by Crippen LogP contribution is 2.01. The van der Waals surface area contributed by atoms with Gasteiger partial charge in [-0.3, -0.25) is 0 Å². The Morgan fingerprint density at radius 2 is 2.15 bits per heavy atom. The largest absolute Gasteiger partial charge is 0.396 e. The first-order chi connectivity index (χ1) is 6.22. The highest BCUT2D eigenvalue weighted by Gasteiger charge is 2.00. The van der Waals surface area contributed by atoms with Crippen molar-refractivity contribution in [3.63, 3.8) is 0 Å². The summed E-state index contributed by atoms with van der Waals surface area (Å²) >= 11 is 0. The summed E-state index contributed by atoms with van der Waals surface area (Å²) in [5.74, 6) is 0.732. The van der Waals surface area contributed by atoms with E-state index in [1.54, 1.807) is 12.4 Å². The van der Waals surface area contributed by atoms with Gasteiger partial charge in [-0.15, -0.1) is 0 Å². The van der Waals surface area contributed by atoms with Crippen molar-refractivity contribution in [1.82, 2.24) is 9.97 Å². The molecule has 72 valence electrons. The van der Waals surface area contributed by atoms with Gasteiger partial charge in [0.15, 0.2) is 0 Å². The van der Waals surface area contributed by atoms with Crippen LogP contribution in [0.5, 0.6) is 0 Å². The maximum absolute atomic E-state index is 8.76. The molecule has 0 spiro atoms. The van der Waals surface area contributed by atoms with Crippen molar-refractivity contribution in [2.45, 2.75) is 6.92 Å². The van der Waals surface area contributed by atoms with E-state index in [-0.39, 0.29) is 12.5 Å². The molecule has 1 atom stereocenters. The fourth-order valence-electron chi connectivity index (χ4n) is 0.759. The summed E-state index contributed by atoms with van der Waals surface area (Å²) in [5.41, 5.74) is 5.96. The molecule has 0 radical (unpaired) electrons. The molecule has 0 aliphatic rings. The SMILES string of the molecule is CC(CO)CNc1ncc(N)cn1. The Morgan fingerprint density at radius 3 is 2.69 bits per heavy atom. The highest BCUT2D eigenvalue weighted by atomic mass is 16.3. The van der Waals surface area contributed by atoms with Gasteiger partial charge < -0.3 is 16.2 Å². The molecule has 5 nitrogen and oxygen atoms in total. The van der Waals surface area contributed by atoms with Gasteiger partial charge in [0.25, 0.3) is 0 Å². The van der Waals surface area contributed by atoms with Crippen LogP contribution in [0.25, 0.3) is 0 Å². The van der Waals surface area contributed by atoms with Crippen molar-refractivity contribution < 1.29 is 5.11 Å². The van der Waals surface area contributed by atoms with E-state index >= 15 is 0 Å². The van der Waals surface area contributed by atoms with Crippen molar-refractivity contribution in [2.24, 2.45) is 5.92 Å². The third kappa shape index (κ3) is 3.25. The number of hydrogen-bond donors (Lipinski definition) is 3. The zero-order valence-electron chi connectivity index (χ0n) is 7.57. The Bertz CT molecular complexity index is 249. The number of rotatable bonds is 4. The standard InChI is InChI=1S/C8H14N4O/c1-6(5-13)2-10-8-11-3-7(9)4-12-8/h3-4,6,13H,2,5,9H2,1H3,(H,10,11,12). The van der Waals surface area contributed by atoms with Gasteiger partial charge in [0.05, 0.1) is 18.1 Å². The number of nitrogens with two attached hydrogens (primary N) is 1. The van der Waals surface area contributed by atoms with E-state index < -0.39 is 0 Å². The van der Waals surface area contributed by atoms with Crippen LogP contribution in [0.3, 0.4) is 0 Å². The number of hydrogen-bond acceptors (Lipinski definition) is 5. The lowest BCUT2D eigenvalue weighted by Crippen LogP contribution is -2.15. The summed E-state index contributed by atoms with van der Waals surface area (Å²) in [6.45, 7) is 2.74. The van der Waals surface area contributed by atoms with Crippen LogP contribution >= 0.6 is 0 Å². The van der Waals surface area contributed by atoms with Gasteiger partial charge in [-0.2, -0.15) is 0 Å². The number of nitrogens with zero attached hydrogens (tertiary/aromatic N) is 2. The number of nitrogens with one attached hydrogen (secondary N) is 1. The molecule has 13 heavy (non-hydrogen) atoms. The van der Waals surface area contributed by atoms with Crippen LogP contribution < -0.4 is 11.1 Å². The molecule has 1 heterocycles. The lowest BCUT2D eigenvalue weighted by atomic mass is 10.2. The Balaban J connectivity index is 2.41. The smallest absolute Gasteiger partial charge is 0.222 e. The number of nitrogen functional groups attached to an aromatic ring is 1. The molecule has 5 heteroatoms. The van der Waals surface area contributed by atoms with Gasteiger partial charge in [0.1, 0.15) is 0 Å². The maximum Gasteiger partial charge on any atom is 0.222 e. The minimum absolute atomic E-state index is 0.155. The van der Waals surface area contributed by atoms with E-state index in [2.05, 4.69) is 15.3 Å². The van der Waals surface area contributed by atoms with Crippen LogP contribution in [-0.2, 0) is 0 Å². The van der Waals surface area contributed by atoms with E-state index in [1.807, 2.05) is 6.92 Å². The maximum atomic E-state index is 8.76. The van der Waals surface area contributed by atoms with Crippen LogP contribution in [-0.4, -0.2) is 28.2 Å². The summed E-state index contributed by atoms with van der Waals surface area (Å²) in [6, 6.07) is 0. The lowest BCUT2D eigenvalue weighted by molar-refractivity contribution is 0.244.